The third-order valence-electron chi connectivity index (χ3n) is 3.85. The van der Waals surface area contributed by atoms with E-state index in [-0.39, 0.29) is 24.8 Å². The fourth-order valence-corrected chi connectivity index (χ4v) is 2.36. The molecule has 1 fully saturated rings. The summed E-state index contributed by atoms with van der Waals surface area (Å²) in [6, 6.07) is 5.98. The van der Waals surface area contributed by atoms with Crippen molar-refractivity contribution in [3.05, 3.63) is 29.3 Å². The Balaban J connectivity index is 2.05. The molecule has 5 nitrogen and oxygen atoms in total. The number of nitrogens with zero attached hydrogens (tertiary/aromatic N) is 1. The summed E-state index contributed by atoms with van der Waals surface area (Å²) in [7, 11) is 0. The zero-order valence-electron chi connectivity index (χ0n) is 13.6. The van der Waals surface area contributed by atoms with Crippen LogP contribution in [0.4, 0.5) is 10.5 Å². The van der Waals surface area contributed by atoms with Gasteiger partial charge in [0.25, 0.3) is 0 Å². The van der Waals surface area contributed by atoms with E-state index < -0.39 is 0 Å². The van der Waals surface area contributed by atoms with Gasteiger partial charge in [-0.1, -0.05) is 12.1 Å². The molecule has 0 saturated heterocycles. The first kappa shape index (κ1) is 16.8. The number of amides is 2. The molecule has 0 atom stereocenters. The molecule has 1 aromatic rings. The van der Waals surface area contributed by atoms with Gasteiger partial charge in [0.1, 0.15) is 0 Å². The minimum Gasteiger partial charge on any atom is -0.395 e. The molecular formula is C17H26N2O3. The van der Waals surface area contributed by atoms with Crippen LogP contribution in [0.3, 0.4) is 0 Å². The highest BCUT2D eigenvalue weighted by Gasteiger charge is 2.32. The van der Waals surface area contributed by atoms with Crippen LogP contribution in [-0.2, 0) is 11.3 Å². The van der Waals surface area contributed by atoms with Crippen molar-refractivity contribution in [2.24, 2.45) is 0 Å². The summed E-state index contributed by atoms with van der Waals surface area (Å²) in [5.41, 5.74) is 2.90. The summed E-state index contributed by atoms with van der Waals surface area (Å²) in [5, 5.41) is 12.1. The smallest absolute Gasteiger partial charge is 0.322 e. The van der Waals surface area contributed by atoms with E-state index in [4.69, 9.17) is 9.84 Å². The highest BCUT2D eigenvalue weighted by atomic mass is 16.5. The molecule has 2 amide bonds. The van der Waals surface area contributed by atoms with Crippen molar-refractivity contribution in [2.45, 2.75) is 52.4 Å². The minimum absolute atomic E-state index is 0.00876. The Kier molecular flexibility index (Phi) is 5.80. The SMILES string of the molecule is Cc1c(COC(C)C)cccc1NC(=O)N(CCO)C1CC1. The maximum atomic E-state index is 12.4. The number of hydrogen-bond acceptors (Lipinski definition) is 3. The standard InChI is InChI=1S/C17H26N2O3/c1-12(2)22-11-14-5-4-6-16(13(14)3)18-17(21)19(9-10-20)15-7-8-15/h4-6,12,15,20H,7-11H2,1-3H3,(H,18,21). The third-order valence-corrected chi connectivity index (χ3v) is 3.85. The number of carbonyl (C=O) groups excluding carboxylic acids is 1. The van der Waals surface area contributed by atoms with E-state index in [2.05, 4.69) is 5.32 Å². The zero-order chi connectivity index (χ0) is 16.1. The van der Waals surface area contributed by atoms with Gasteiger partial charge >= 0.3 is 6.03 Å². The minimum atomic E-state index is -0.137. The summed E-state index contributed by atoms with van der Waals surface area (Å²) >= 11 is 0. The molecule has 122 valence electrons. The van der Waals surface area contributed by atoms with Crippen molar-refractivity contribution in [2.75, 3.05) is 18.5 Å². The number of hydrogen-bond donors (Lipinski definition) is 2. The molecule has 22 heavy (non-hydrogen) atoms. The molecule has 0 radical (unpaired) electrons. The summed E-state index contributed by atoms with van der Waals surface area (Å²) < 4.78 is 5.65. The van der Waals surface area contributed by atoms with E-state index in [0.29, 0.717) is 13.2 Å². The average Bonchev–Trinajstić information content (AvgIpc) is 3.30. The second kappa shape index (κ2) is 7.61. The summed E-state index contributed by atoms with van der Waals surface area (Å²) in [5.74, 6) is 0. The number of ether oxygens (including phenoxy) is 1. The lowest BCUT2D eigenvalue weighted by Gasteiger charge is -2.23. The molecule has 1 aromatic carbocycles. The van der Waals surface area contributed by atoms with Crippen molar-refractivity contribution < 1.29 is 14.6 Å². The molecule has 0 spiro atoms. The van der Waals surface area contributed by atoms with E-state index in [1.54, 1.807) is 4.90 Å². The fraction of sp³-hybridized carbons (Fsp3) is 0.588. The van der Waals surface area contributed by atoms with Gasteiger partial charge in [0, 0.05) is 18.3 Å². The number of aliphatic hydroxyl groups excluding tert-OH is 1. The number of benzene rings is 1. The number of rotatable bonds is 7. The van der Waals surface area contributed by atoms with E-state index in [9.17, 15) is 4.79 Å². The normalized spacial score (nSPS) is 14.2. The van der Waals surface area contributed by atoms with Gasteiger partial charge in [-0.25, -0.2) is 4.79 Å². The van der Waals surface area contributed by atoms with Gasteiger partial charge in [-0.2, -0.15) is 0 Å². The van der Waals surface area contributed by atoms with Crippen molar-refractivity contribution >= 4 is 11.7 Å². The monoisotopic (exact) mass is 306 g/mol. The van der Waals surface area contributed by atoms with Crippen LogP contribution in [0.1, 0.15) is 37.8 Å². The predicted octanol–water partition coefficient (Wildman–Crippen LogP) is 2.91. The number of aliphatic hydroxyl groups is 1. The predicted molar refractivity (Wildman–Crippen MR) is 86.9 cm³/mol. The molecule has 1 aliphatic rings. The maximum Gasteiger partial charge on any atom is 0.322 e. The van der Waals surface area contributed by atoms with Crippen molar-refractivity contribution in [3.63, 3.8) is 0 Å². The Morgan fingerprint density at radius 3 is 2.77 bits per heavy atom. The average molecular weight is 306 g/mol. The van der Waals surface area contributed by atoms with Gasteiger partial charge in [0.05, 0.1) is 19.3 Å². The Labute approximate surface area is 132 Å². The second-order valence-corrected chi connectivity index (χ2v) is 6.03. The Hall–Kier alpha value is -1.59. The van der Waals surface area contributed by atoms with Crippen LogP contribution in [0.2, 0.25) is 0 Å². The summed E-state index contributed by atoms with van der Waals surface area (Å²) in [6.45, 7) is 6.90. The Morgan fingerprint density at radius 2 is 2.18 bits per heavy atom. The van der Waals surface area contributed by atoms with Gasteiger partial charge < -0.3 is 20.1 Å². The molecular weight excluding hydrogens is 280 g/mol. The van der Waals surface area contributed by atoms with E-state index >= 15 is 0 Å². The number of urea groups is 1. The molecule has 2 rings (SSSR count). The number of nitrogens with one attached hydrogen (secondary N) is 1. The highest BCUT2D eigenvalue weighted by Crippen LogP contribution is 2.28. The lowest BCUT2D eigenvalue weighted by molar-refractivity contribution is 0.0654. The number of carbonyl (C=O) groups is 1. The quantitative estimate of drug-likeness (QED) is 0.814. The van der Waals surface area contributed by atoms with Gasteiger partial charge in [-0.15, -0.1) is 0 Å². The fourth-order valence-electron chi connectivity index (χ4n) is 2.36. The lowest BCUT2D eigenvalue weighted by Crippen LogP contribution is -2.38. The van der Waals surface area contributed by atoms with Crippen LogP contribution in [0.5, 0.6) is 0 Å². The summed E-state index contributed by atoms with van der Waals surface area (Å²) in [6.07, 6.45) is 2.22. The molecule has 1 aliphatic carbocycles. The van der Waals surface area contributed by atoms with E-state index in [1.807, 2.05) is 39.0 Å². The van der Waals surface area contributed by atoms with E-state index in [1.165, 1.54) is 0 Å². The van der Waals surface area contributed by atoms with Crippen LogP contribution < -0.4 is 5.32 Å². The summed E-state index contributed by atoms with van der Waals surface area (Å²) in [4.78, 5) is 14.1. The lowest BCUT2D eigenvalue weighted by atomic mass is 10.1. The molecule has 1 saturated carbocycles. The van der Waals surface area contributed by atoms with Crippen molar-refractivity contribution in [3.8, 4) is 0 Å². The first-order chi connectivity index (χ1) is 10.5. The van der Waals surface area contributed by atoms with Gasteiger partial charge in [0.15, 0.2) is 0 Å². The first-order valence-electron chi connectivity index (χ1n) is 7.91. The van der Waals surface area contributed by atoms with Crippen LogP contribution in [0.15, 0.2) is 18.2 Å². The molecule has 5 heteroatoms. The molecule has 0 unspecified atom stereocenters. The molecule has 0 bridgehead atoms. The third kappa shape index (κ3) is 4.45. The molecule has 0 aromatic heterocycles. The van der Waals surface area contributed by atoms with Gasteiger partial charge in [-0.05, 0) is 50.8 Å². The van der Waals surface area contributed by atoms with E-state index in [0.717, 1.165) is 29.7 Å². The van der Waals surface area contributed by atoms with Crippen LogP contribution in [0, 0.1) is 6.92 Å². The van der Waals surface area contributed by atoms with Gasteiger partial charge in [-0.3, -0.25) is 0 Å². The molecule has 2 N–H and O–H groups in total. The second-order valence-electron chi connectivity index (χ2n) is 6.03. The Bertz CT molecular complexity index is 513. The van der Waals surface area contributed by atoms with Crippen LogP contribution in [-0.4, -0.2) is 41.3 Å². The van der Waals surface area contributed by atoms with Crippen molar-refractivity contribution in [1.82, 2.24) is 4.90 Å². The van der Waals surface area contributed by atoms with Crippen LogP contribution in [0.25, 0.3) is 0 Å². The van der Waals surface area contributed by atoms with Crippen LogP contribution >= 0.6 is 0 Å². The maximum absolute atomic E-state index is 12.4. The number of anilines is 1. The zero-order valence-corrected chi connectivity index (χ0v) is 13.6. The van der Waals surface area contributed by atoms with Gasteiger partial charge in [0.2, 0.25) is 0 Å². The molecule has 0 aliphatic heterocycles. The van der Waals surface area contributed by atoms with Crippen molar-refractivity contribution in [1.29, 1.82) is 0 Å². The molecule has 0 heterocycles. The topological polar surface area (TPSA) is 61.8 Å². The largest absolute Gasteiger partial charge is 0.395 e. The first-order valence-corrected chi connectivity index (χ1v) is 7.91. The highest BCUT2D eigenvalue weighted by molar-refractivity contribution is 5.90. The Morgan fingerprint density at radius 1 is 1.45 bits per heavy atom.